The molecule has 0 saturated carbocycles. The second kappa shape index (κ2) is 3.58. The Labute approximate surface area is 88.6 Å². The number of hydrogen-bond acceptors (Lipinski definition) is 2. The van der Waals surface area contributed by atoms with E-state index < -0.39 is 0 Å². The van der Waals surface area contributed by atoms with Crippen LogP contribution in [0.25, 0.3) is 5.69 Å². The number of benzene rings is 1. The van der Waals surface area contributed by atoms with Gasteiger partial charge in [-0.2, -0.15) is 5.26 Å². The highest BCUT2D eigenvalue weighted by atomic mass is 15.0. The van der Waals surface area contributed by atoms with E-state index >= 15 is 0 Å². The van der Waals surface area contributed by atoms with Crippen molar-refractivity contribution in [3.8, 4) is 11.8 Å². The van der Waals surface area contributed by atoms with E-state index in [4.69, 9.17) is 5.26 Å². The van der Waals surface area contributed by atoms with Crippen molar-refractivity contribution in [1.29, 1.82) is 5.26 Å². The summed E-state index contributed by atoms with van der Waals surface area (Å²) in [5.74, 6) is 0. The van der Waals surface area contributed by atoms with Crippen LogP contribution in [0.1, 0.15) is 16.8 Å². The molecular weight excluding hydrogens is 186 g/mol. The van der Waals surface area contributed by atoms with E-state index in [1.54, 1.807) is 12.5 Å². The first-order chi connectivity index (χ1) is 7.20. The van der Waals surface area contributed by atoms with Gasteiger partial charge in [0.2, 0.25) is 0 Å². The van der Waals surface area contributed by atoms with Crippen molar-refractivity contribution >= 4 is 0 Å². The van der Waals surface area contributed by atoms with Crippen molar-refractivity contribution in [2.24, 2.45) is 0 Å². The smallest absolute Gasteiger partial charge is 0.158 e. The van der Waals surface area contributed by atoms with E-state index in [9.17, 15) is 0 Å². The summed E-state index contributed by atoms with van der Waals surface area (Å²) in [6, 6.07) is 8.21. The SMILES string of the molecule is Cc1ccc(-n2cnc(C#N)c2)c(C)c1. The largest absolute Gasteiger partial charge is 0.305 e. The zero-order chi connectivity index (χ0) is 10.8. The number of imidazole rings is 1. The first kappa shape index (κ1) is 9.47. The van der Waals surface area contributed by atoms with Gasteiger partial charge in [-0.25, -0.2) is 4.98 Å². The summed E-state index contributed by atoms with van der Waals surface area (Å²) in [7, 11) is 0. The molecule has 0 aliphatic heterocycles. The van der Waals surface area contributed by atoms with Crippen LogP contribution in [-0.2, 0) is 0 Å². The number of aryl methyl sites for hydroxylation is 2. The summed E-state index contributed by atoms with van der Waals surface area (Å²) >= 11 is 0. The Hall–Kier alpha value is -2.08. The third-order valence-electron chi connectivity index (χ3n) is 2.33. The zero-order valence-electron chi connectivity index (χ0n) is 8.73. The van der Waals surface area contributed by atoms with E-state index in [1.165, 1.54) is 11.1 Å². The molecule has 0 amide bonds. The van der Waals surface area contributed by atoms with Gasteiger partial charge in [0, 0.05) is 11.9 Å². The molecule has 1 aromatic heterocycles. The molecule has 1 aromatic carbocycles. The molecule has 0 fully saturated rings. The second-order valence-electron chi connectivity index (χ2n) is 3.57. The highest BCUT2D eigenvalue weighted by molar-refractivity contribution is 5.43. The Morgan fingerprint density at radius 3 is 2.73 bits per heavy atom. The maximum atomic E-state index is 8.69. The minimum atomic E-state index is 0.440. The highest BCUT2D eigenvalue weighted by Gasteiger charge is 2.02. The molecule has 0 saturated heterocycles. The molecule has 0 unspecified atom stereocenters. The number of nitriles is 1. The van der Waals surface area contributed by atoms with E-state index in [0.717, 1.165) is 5.69 Å². The molecule has 1 heterocycles. The van der Waals surface area contributed by atoms with Crippen molar-refractivity contribution < 1.29 is 0 Å². The fourth-order valence-electron chi connectivity index (χ4n) is 1.61. The molecule has 0 N–H and O–H groups in total. The van der Waals surface area contributed by atoms with Gasteiger partial charge < -0.3 is 4.57 Å². The first-order valence-corrected chi connectivity index (χ1v) is 4.72. The van der Waals surface area contributed by atoms with Gasteiger partial charge in [0.25, 0.3) is 0 Å². The minimum Gasteiger partial charge on any atom is -0.305 e. The third-order valence-corrected chi connectivity index (χ3v) is 2.33. The summed E-state index contributed by atoms with van der Waals surface area (Å²) < 4.78 is 1.87. The van der Waals surface area contributed by atoms with E-state index in [0.29, 0.717) is 5.69 Å². The van der Waals surface area contributed by atoms with Crippen LogP contribution in [-0.4, -0.2) is 9.55 Å². The van der Waals surface area contributed by atoms with Gasteiger partial charge in [0.15, 0.2) is 5.69 Å². The normalized spacial score (nSPS) is 9.93. The molecule has 0 radical (unpaired) electrons. The van der Waals surface area contributed by atoms with Crippen molar-refractivity contribution in [2.45, 2.75) is 13.8 Å². The van der Waals surface area contributed by atoms with Gasteiger partial charge in [0.1, 0.15) is 12.4 Å². The topological polar surface area (TPSA) is 41.6 Å². The summed E-state index contributed by atoms with van der Waals surface area (Å²) in [5, 5.41) is 8.69. The Balaban J connectivity index is 2.50. The quantitative estimate of drug-likeness (QED) is 0.704. The molecule has 3 heteroatoms. The van der Waals surface area contributed by atoms with Gasteiger partial charge in [-0.1, -0.05) is 17.7 Å². The summed E-state index contributed by atoms with van der Waals surface area (Å²) in [4.78, 5) is 3.98. The van der Waals surface area contributed by atoms with Crippen LogP contribution in [0.4, 0.5) is 0 Å². The number of rotatable bonds is 1. The average molecular weight is 197 g/mol. The van der Waals surface area contributed by atoms with Gasteiger partial charge >= 0.3 is 0 Å². The molecule has 3 nitrogen and oxygen atoms in total. The van der Waals surface area contributed by atoms with Crippen molar-refractivity contribution in [2.75, 3.05) is 0 Å². The van der Waals surface area contributed by atoms with E-state index in [1.807, 2.05) is 29.7 Å². The standard InChI is InChI=1S/C12H11N3/c1-9-3-4-12(10(2)5-9)15-7-11(6-13)14-8-15/h3-5,7-8H,1-2H3. The zero-order valence-corrected chi connectivity index (χ0v) is 8.73. The van der Waals surface area contributed by atoms with Crippen molar-refractivity contribution in [1.82, 2.24) is 9.55 Å². The lowest BCUT2D eigenvalue weighted by Crippen LogP contribution is -1.93. The number of hydrogen-bond donors (Lipinski definition) is 0. The van der Waals surface area contributed by atoms with Crippen molar-refractivity contribution in [3.05, 3.63) is 47.5 Å². The second-order valence-corrected chi connectivity index (χ2v) is 3.57. The third kappa shape index (κ3) is 1.75. The van der Waals surface area contributed by atoms with Crippen molar-refractivity contribution in [3.63, 3.8) is 0 Å². The monoisotopic (exact) mass is 197 g/mol. The minimum absolute atomic E-state index is 0.440. The predicted octanol–water partition coefficient (Wildman–Crippen LogP) is 2.36. The lowest BCUT2D eigenvalue weighted by Gasteiger charge is -2.06. The number of aromatic nitrogens is 2. The van der Waals surface area contributed by atoms with E-state index in [-0.39, 0.29) is 0 Å². The molecule has 15 heavy (non-hydrogen) atoms. The molecule has 74 valence electrons. The van der Waals surface area contributed by atoms with Crippen LogP contribution < -0.4 is 0 Å². The molecule has 2 rings (SSSR count). The molecule has 0 bridgehead atoms. The Kier molecular flexibility index (Phi) is 2.26. The van der Waals surface area contributed by atoms with Crippen LogP contribution in [0.5, 0.6) is 0 Å². The maximum Gasteiger partial charge on any atom is 0.158 e. The van der Waals surface area contributed by atoms with Crippen LogP contribution in [0.2, 0.25) is 0 Å². The molecule has 0 aliphatic rings. The molecule has 0 atom stereocenters. The van der Waals surface area contributed by atoms with Gasteiger partial charge in [0.05, 0.1) is 0 Å². The Bertz CT molecular complexity index is 532. The van der Waals surface area contributed by atoms with Gasteiger partial charge in [-0.05, 0) is 25.5 Å². The predicted molar refractivity (Wildman–Crippen MR) is 57.8 cm³/mol. The average Bonchev–Trinajstić information content (AvgIpc) is 2.66. The van der Waals surface area contributed by atoms with Crippen LogP contribution >= 0.6 is 0 Å². The molecule has 0 aliphatic carbocycles. The summed E-state index contributed by atoms with van der Waals surface area (Å²) in [5.41, 5.74) is 3.92. The molecule has 2 aromatic rings. The first-order valence-electron chi connectivity index (χ1n) is 4.72. The van der Waals surface area contributed by atoms with Crippen LogP contribution in [0, 0.1) is 25.2 Å². The summed E-state index contributed by atoms with van der Waals surface area (Å²) in [6.07, 6.45) is 3.40. The highest BCUT2D eigenvalue weighted by Crippen LogP contribution is 2.15. The van der Waals surface area contributed by atoms with E-state index in [2.05, 4.69) is 18.0 Å². The fraction of sp³-hybridized carbons (Fsp3) is 0.167. The Morgan fingerprint density at radius 1 is 1.33 bits per heavy atom. The lowest BCUT2D eigenvalue weighted by atomic mass is 10.1. The van der Waals surface area contributed by atoms with Gasteiger partial charge in [-0.3, -0.25) is 0 Å². The Morgan fingerprint density at radius 2 is 2.13 bits per heavy atom. The maximum absolute atomic E-state index is 8.69. The van der Waals surface area contributed by atoms with Crippen LogP contribution in [0.15, 0.2) is 30.7 Å². The van der Waals surface area contributed by atoms with Crippen LogP contribution in [0.3, 0.4) is 0 Å². The molecule has 0 spiro atoms. The lowest BCUT2D eigenvalue weighted by molar-refractivity contribution is 1.04. The fourth-order valence-corrected chi connectivity index (χ4v) is 1.61. The van der Waals surface area contributed by atoms with Gasteiger partial charge in [-0.15, -0.1) is 0 Å². The number of nitrogens with zero attached hydrogens (tertiary/aromatic N) is 3. The summed E-state index contributed by atoms with van der Waals surface area (Å²) in [6.45, 7) is 4.11. The molecular formula is C12H11N3.